The zero-order valence-electron chi connectivity index (χ0n) is 24.8. The molecule has 0 aliphatic heterocycles. The van der Waals surface area contributed by atoms with Crippen LogP contribution >= 0.6 is 0 Å². The molecular formula is C36H50F2O2. The van der Waals surface area contributed by atoms with E-state index in [0.717, 1.165) is 87.4 Å². The van der Waals surface area contributed by atoms with Crippen molar-refractivity contribution in [2.75, 3.05) is 13.2 Å². The highest BCUT2D eigenvalue weighted by atomic mass is 19.1. The molecule has 2 aromatic carbocycles. The van der Waals surface area contributed by atoms with E-state index in [2.05, 4.69) is 25.1 Å². The maximum Gasteiger partial charge on any atom is 0.165 e. The van der Waals surface area contributed by atoms with Gasteiger partial charge < -0.3 is 9.47 Å². The largest absolute Gasteiger partial charge is 0.491 e. The minimum absolute atomic E-state index is 0.0189. The molecule has 0 amide bonds. The van der Waals surface area contributed by atoms with Gasteiger partial charge in [-0.1, -0.05) is 31.5 Å². The normalized spacial score (nSPS) is 29.3. The quantitative estimate of drug-likeness (QED) is 0.273. The van der Waals surface area contributed by atoms with Gasteiger partial charge in [0.1, 0.15) is 5.82 Å². The predicted molar refractivity (Wildman–Crippen MR) is 159 cm³/mol. The van der Waals surface area contributed by atoms with Crippen LogP contribution in [0.4, 0.5) is 8.78 Å². The summed E-state index contributed by atoms with van der Waals surface area (Å²) in [6.45, 7) is 5.44. The average molecular weight is 553 g/mol. The third-order valence-electron chi connectivity index (χ3n) is 10.4. The molecule has 2 aromatic rings. The Labute approximate surface area is 241 Å². The SMILES string of the molecule is CCCCOC1CCC(c2ccc(C3CCC(C4CCC(c5ccc(OCC)c(F)c5)CC4)CC3)c(F)c2)CC1. The van der Waals surface area contributed by atoms with Crippen molar-refractivity contribution in [2.45, 2.75) is 128 Å². The average Bonchev–Trinajstić information content (AvgIpc) is 2.99. The van der Waals surface area contributed by atoms with Crippen LogP contribution in [0.15, 0.2) is 36.4 Å². The van der Waals surface area contributed by atoms with Crippen LogP contribution in [0.1, 0.15) is 138 Å². The first kappa shape index (κ1) is 29.5. The lowest BCUT2D eigenvalue weighted by atomic mass is 9.67. The molecule has 0 saturated heterocycles. The van der Waals surface area contributed by atoms with E-state index in [1.807, 2.05) is 13.0 Å². The van der Waals surface area contributed by atoms with Gasteiger partial charge in [0, 0.05) is 6.61 Å². The Morgan fingerprint density at radius 2 is 1.20 bits per heavy atom. The molecule has 220 valence electrons. The first-order valence-corrected chi connectivity index (χ1v) is 16.4. The maximum absolute atomic E-state index is 15.4. The number of hydrogen-bond donors (Lipinski definition) is 0. The molecule has 3 aliphatic carbocycles. The summed E-state index contributed by atoms with van der Waals surface area (Å²) >= 11 is 0. The second-order valence-electron chi connectivity index (χ2n) is 12.8. The summed E-state index contributed by atoms with van der Waals surface area (Å²) in [5.41, 5.74) is 3.25. The summed E-state index contributed by atoms with van der Waals surface area (Å²) < 4.78 is 41.2. The molecule has 0 N–H and O–H groups in total. The molecular weight excluding hydrogens is 502 g/mol. The van der Waals surface area contributed by atoms with Crippen LogP contribution in [-0.2, 0) is 4.74 Å². The van der Waals surface area contributed by atoms with E-state index in [4.69, 9.17) is 9.47 Å². The van der Waals surface area contributed by atoms with E-state index in [9.17, 15) is 4.39 Å². The van der Waals surface area contributed by atoms with Crippen LogP contribution in [0.3, 0.4) is 0 Å². The van der Waals surface area contributed by atoms with Gasteiger partial charge in [0.25, 0.3) is 0 Å². The first-order chi connectivity index (χ1) is 19.6. The van der Waals surface area contributed by atoms with Crippen molar-refractivity contribution in [3.05, 3.63) is 64.7 Å². The van der Waals surface area contributed by atoms with Gasteiger partial charge in [-0.25, -0.2) is 8.78 Å². The molecule has 3 fully saturated rings. The van der Waals surface area contributed by atoms with Gasteiger partial charge in [-0.3, -0.25) is 0 Å². The van der Waals surface area contributed by atoms with Crippen molar-refractivity contribution in [3.8, 4) is 5.75 Å². The minimum atomic E-state index is -0.236. The molecule has 40 heavy (non-hydrogen) atoms. The lowest BCUT2D eigenvalue weighted by molar-refractivity contribution is 0.0232. The highest BCUT2D eigenvalue weighted by molar-refractivity contribution is 5.32. The monoisotopic (exact) mass is 552 g/mol. The molecule has 3 aliphatic rings. The standard InChI is InChI=1S/C36H50F2O2/c1-3-5-22-40-32-18-14-28(15-19-32)30-16-20-33(34(37)23-30)29-12-10-26(11-13-29)25-6-8-27(9-7-25)31-17-21-36(39-4-2)35(38)24-31/h16-17,20-21,23-29,32H,3-15,18-19,22H2,1-2H3. The molecule has 5 rings (SSSR count). The molecule has 0 bridgehead atoms. The van der Waals surface area contributed by atoms with Crippen LogP contribution in [-0.4, -0.2) is 19.3 Å². The van der Waals surface area contributed by atoms with Gasteiger partial charge in [-0.05, 0) is 155 Å². The Balaban J connectivity index is 1.08. The Morgan fingerprint density at radius 3 is 1.75 bits per heavy atom. The lowest BCUT2D eigenvalue weighted by Gasteiger charge is -2.38. The summed E-state index contributed by atoms with van der Waals surface area (Å²) in [5, 5.41) is 0. The number of benzene rings is 2. The Kier molecular flexibility index (Phi) is 10.6. The Hall–Kier alpha value is -1.94. The lowest BCUT2D eigenvalue weighted by Crippen LogP contribution is -2.25. The van der Waals surface area contributed by atoms with E-state index in [1.54, 1.807) is 12.1 Å². The van der Waals surface area contributed by atoms with Crippen LogP contribution in [0.5, 0.6) is 5.75 Å². The van der Waals surface area contributed by atoms with Gasteiger partial charge in [0.2, 0.25) is 0 Å². The molecule has 0 spiro atoms. The molecule has 0 radical (unpaired) electrons. The van der Waals surface area contributed by atoms with Gasteiger partial charge in [0.15, 0.2) is 11.6 Å². The number of unbranched alkanes of at least 4 members (excludes halogenated alkanes) is 1. The second-order valence-corrected chi connectivity index (χ2v) is 12.8. The molecule has 0 unspecified atom stereocenters. The molecule has 3 saturated carbocycles. The van der Waals surface area contributed by atoms with Crippen LogP contribution in [0, 0.1) is 23.5 Å². The second kappa shape index (κ2) is 14.3. The number of ether oxygens (including phenoxy) is 2. The zero-order chi connectivity index (χ0) is 27.9. The molecule has 2 nitrogen and oxygen atoms in total. The summed E-state index contributed by atoms with van der Waals surface area (Å²) in [6, 6.07) is 11.7. The van der Waals surface area contributed by atoms with Crippen LogP contribution in [0.25, 0.3) is 0 Å². The highest BCUT2D eigenvalue weighted by Gasteiger charge is 2.33. The fourth-order valence-corrected chi connectivity index (χ4v) is 7.95. The summed E-state index contributed by atoms with van der Waals surface area (Å²) in [4.78, 5) is 0. The van der Waals surface area contributed by atoms with Crippen molar-refractivity contribution in [2.24, 2.45) is 11.8 Å². The Bertz CT molecular complexity index is 1060. The smallest absolute Gasteiger partial charge is 0.165 e. The van der Waals surface area contributed by atoms with E-state index >= 15 is 4.39 Å². The topological polar surface area (TPSA) is 18.5 Å². The first-order valence-electron chi connectivity index (χ1n) is 16.4. The molecule has 0 atom stereocenters. The summed E-state index contributed by atoms with van der Waals surface area (Å²) in [5.74, 6) is 2.94. The third kappa shape index (κ3) is 7.27. The van der Waals surface area contributed by atoms with Crippen LogP contribution in [0.2, 0.25) is 0 Å². The van der Waals surface area contributed by atoms with Crippen molar-refractivity contribution in [3.63, 3.8) is 0 Å². The van der Waals surface area contributed by atoms with Gasteiger partial charge in [-0.2, -0.15) is 0 Å². The van der Waals surface area contributed by atoms with E-state index in [1.165, 1.54) is 37.7 Å². The maximum atomic E-state index is 15.4. The molecule has 4 heteroatoms. The fraction of sp³-hybridized carbons (Fsp3) is 0.667. The predicted octanol–water partition coefficient (Wildman–Crippen LogP) is 10.5. The Morgan fingerprint density at radius 1 is 0.650 bits per heavy atom. The van der Waals surface area contributed by atoms with Crippen molar-refractivity contribution < 1.29 is 18.3 Å². The zero-order valence-corrected chi connectivity index (χ0v) is 24.8. The molecule has 0 aromatic heterocycles. The van der Waals surface area contributed by atoms with Gasteiger partial charge in [-0.15, -0.1) is 0 Å². The third-order valence-corrected chi connectivity index (χ3v) is 10.4. The fourth-order valence-electron chi connectivity index (χ4n) is 7.95. The van der Waals surface area contributed by atoms with E-state index in [-0.39, 0.29) is 11.6 Å². The van der Waals surface area contributed by atoms with E-state index in [0.29, 0.717) is 36.2 Å². The summed E-state index contributed by atoms with van der Waals surface area (Å²) in [6.07, 6.45) is 16.5. The molecule has 0 heterocycles. The van der Waals surface area contributed by atoms with Gasteiger partial charge in [0.05, 0.1) is 12.7 Å². The highest BCUT2D eigenvalue weighted by Crippen LogP contribution is 2.46. The minimum Gasteiger partial charge on any atom is -0.491 e. The van der Waals surface area contributed by atoms with Gasteiger partial charge >= 0.3 is 0 Å². The number of halogens is 2. The number of hydrogen-bond acceptors (Lipinski definition) is 2. The van der Waals surface area contributed by atoms with Crippen LogP contribution < -0.4 is 4.74 Å². The van der Waals surface area contributed by atoms with E-state index < -0.39 is 0 Å². The van der Waals surface area contributed by atoms with Crippen molar-refractivity contribution in [1.29, 1.82) is 0 Å². The van der Waals surface area contributed by atoms with Crippen molar-refractivity contribution in [1.82, 2.24) is 0 Å². The summed E-state index contributed by atoms with van der Waals surface area (Å²) in [7, 11) is 0. The van der Waals surface area contributed by atoms with Crippen molar-refractivity contribution >= 4 is 0 Å². The number of rotatable bonds is 10.